The molecule has 0 atom stereocenters. The summed E-state index contributed by atoms with van der Waals surface area (Å²) in [6, 6.07) is 5.85. The van der Waals surface area contributed by atoms with Gasteiger partial charge in [-0.15, -0.1) is 0 Å². The largest absolute Gasteiger partial charge is 0.378 e. The number of rotatable bonds is 4. The molecule has 0 amide bonds. The molecule has 1 aromatic carbocycles. The van der Waals surface area contributed by atoms with Crippen LogP contribution in [-0.4, -0.2) is 19.2 Å². The van der Waals surface area contributed by atoms with Gasteiger partial charge in [-0.05, 0) is 43.7 Å². The van der Waals surface area contributed by atoms with Crippen LogP contribution in [0.5, 0.6) is 5.75 Å². The van der Waals surface area contributed by atoms with Crippen LogP contribution in [0.3, 0.4) is 0 Å². The van der Waals surface area contributed by atoms with Gasteiger partial charge in [0.25, 0.3) is 0 Å². The number of hydrogen-bond donors (Lipinski definition) is 0. The summed E-state index contributed by atoms with van der Waals surface area (Å²) in [5.41, 5.74) is 0.672. The average molecular weight is 405 g/mol. The SMILES string of the molecule is CC(=O)c1cc(Br)ccc1OS(=O)(=O)c1cnc(Cl)c(C)c1. The topological polar surface area (TPSA) is 73.3 Å². The highest BCUT2D eigenvalue weighted by Crippen LogP contribution is 2.27. The number of pyridine rings is 1. The summed E-state index contributed by atoms with van der Waals surface area (Å²) in [6.45, 7) is 2.96. The lowest BCUT2D eigenvalue weighted by Crippen LogP contribution is -2.12. The van der Waals surface area contributed by atoms with E-state index in [0.717, 1.165) is 6.20 Å². The Labute approximate surface area is 141 Å². The van der Waals surface area contributed by atoms with Crippen molar-refractivity contribution in [2.24, 2.45) is 0 Å². The average Bonchev–Trinajstić information content (AvgIpc) is 2.43. The summed E-state index contributed by atoms with van der Waals surface area (Å²) in [7, 11) is -4.11. The van der Waals surface area contributed by atoms with Crippen molar-refractivity contribution in [3.8, 4) is 5.75 Å². The molecule has 0 bridgehead atoms. The monoisotopic (exact) mass is 403 g/mol. The first-order chi connectivity index (χ1) is 10.2. The Kier molecular flexibility index (Phi) is 4.89. The highest BCUT2D eigenvalue weighted by molar-refractivity contribution is 9.10. The van der Waals surface area contributed by atoms with Crippen molar-refractivity contribution in [3.05, 3.63) is 51.2 Å². The fourth-order valence-electron chi connectivity index (χ4n) is 1.69. The first-order valence-electron chi connectivity index (χ1n) is 6.08. The molecule has 22 heavy (non-hydrogen) atoms. The summed E-state index contributed by atoms with van der Waals surface area (Å²) in [6.07, 6.45) is 1.11. The lowest BCUT2D eigenvalue weighted by atomic mass is 10.1. The Morgan fingerprint density at radius 1 is 1.32 bits per heavy atom. The van der Waals surface area contributed by atoms with Crippen LogP contribution in [0.1, 0.15) is 22.8 Å². The Bertz CT molecular complexity index is 852. The second-order valence-electron chi connectivity index (χ2n) is 4.51. The molecule has 116 valence electrons. The molecule has 0 saturated carbocycles. The zero-order valence-electron chi connectivity index (χ0n) is 11.6. The molecule has 5 nitrogen and oxygen atoms in total. The van der Waals surface area contributed by atoms with Gasteiger partial charge in [0.1, 0.15) is 10.0 Å². The number of benzene rings is 1. The minimum Gasteiger partial charge on any atom is -0.378 e. The summed E-state index contributed by atoms with van der Waals surface area (Å²) < 4.78 is 30.3. The zero-order valence-corrected chi connectivity index (χ0v) is 14.8. The molecule has 2 aromatic rings. The molecule has 0 spiro atoms. The first-order valence-corrected chi connectivity index (χ1v) is 8.66. The van der Waals surface area contributed by atoms with E-state index in [2.05, 4.69) is 20.9 Å². The number of aryl methyl sites for hydroxylation is 1. The van der Waals surface area contributed by atoms with Crippen LogP contribution in [0.25, 0.3) is 0 Å². The maximum absolute atomic E-state index is 12.3. The van der Waals surface area contributed by atoms with Gasteiger partial charge in [0, 0.05) is 4.47 Å². The number of halogens is 2. The Balaban J connectivity index is 2.45. The van der Waals surface area contributed by atoms with Gasteiger partial charge in [-0.1, -0.05) is 27.5 Å². The third-order valence-corrected chi connectivity index (χ3v) is 4.89. The van der Waals surface area contributed by atoms with Gasteiger partial charge in [0.05, 0.1) is 11.8 Å². The highest BCUT2D eigenvalue weighted by atomic mass is 79.9. The van der Waals surface area contributed by atoms with Crippen LogP contribution in [-0.2, 0) is 10.1 Å². The van der Waals surface area contributed by atoms with Gasteiger partial charge >= 0.3 is 10.1 Å². The van der Waals surface area contributed by atoms with Crippen LogP contribution >= 0.6 is 27.5 Å². The molecule has 0 aliphatic carbocycles. The van der Waals surface area contributed by atoms with Crippen LogP contribution in [0.4, 0.5) is 0 Å². The van der Waals surface area contributed by atoms with Crippen molar-refractivity contribution in [2.45, 2.75) is 18.7 Å². The quantitative estimate of drug-likeness (QED) is 0.440. The van der Waals surface area contributed by atoms with E-state index in [1.807, 2.05) is 0 Å². The fraction of sp³-hybridized carbons (Fsp3) is 0.143. The Morgan fingerprint density at radius 3 is 2.59 bits per heavy atom. The number of nitrogens with zero attached hydrogens (tertiary/aromatic N) is 1. The molecule has 0 fully saturated rings. The smallest absolute Gasteiger partial charge is 0.340 e. The first kappa shape index (κ1) is 16.9. The van der Waals surface area contributed by atoms with E-state index in [9.17, 15) is 13.2 Å². The number of carbonyl (C=O) groups excluding carboxylic acids is 1. The van der Waals surface area contributed by atoms with Crippen molar-refractivity contribution in [1.29, 1.82) is 0 Å². The van der Waals surface area contributed by atoms with Crippen LogP contribution in [0, 0.1) is 6.92 Å². The van der Waals surface area contributed by atoms with E-state index < -0.39 is 10.1 Å². The summed E-state index contributed by atoms with van der Waals surface area (Å²) in [5.74, 6) is -0.347. The summed E-state index contributed by atoms with van der Waals surface area (Å²) >= 11 is 9.00. The van der Waals surface area contributed by atoms with E-state index in [-0.39, 0.29) is 27.1 Å². The fourth-order valence-corrected chi connectivity index (χ4v) is 3.13. The lowest BCUT2D eigenvalue weighted by Gasteiger charge is -2.11. The van der Waals surface area contributed by atoms with Gasteiger partial charge in [0.2, 0.25) is 0 Å². The third kappa shape index (κ3) is 3.66. The number of Topliss-reactive ketones (excluding diaryl/α,β-unsaturated/α-hetero) is 1. The second-order valence-corrected chi connectivity index (χ2v) is 7.33. The predicted octanol–water partition coefficient (Wildman–Crippen LogP) is 3.78. The number of ketones is 1. The Hall–Kier alpha value is -1.44. The van der Waals surface area contributed by atoms with E-state index in [1.165, 1.54) is 25.1 Å². The van der Waals surface area contributed by atoms with Gasteiger partial charge in [0.15, 0.2) is 11.5 Å². The number of aromatic nitrogens is 1. The van der Waals surface area contributed by atoms with E-state index >= 15 is 0 Å². The third-order valence-electron chi connectivity index (χ3n) is 2.80. The molecular formula is C14H11BrClNO4S. The normalized spacial score (nSPS) is 11.3. The minimum atomic E-state index is -4.11. The van der Waals surface area contributed by atoms with E-state index in [0.29, 0.717) is 10.0 Å². The standard InChI is InChI=1S/C14H11BrClNO4S/c1-8-5-11(7-17-14(8)16)22(19,20)21-13-4-3-10(15)6-12(13)9(2)18/h3-7H,1-2H3. The maximum Gasteiger partial charge on any atom is 0.340 e. The van der Waals surface area contributed by atoms with Gasteiger partial charge in [-0.2, -0.15) is 8.42 Å². The lowest BCUT2D eigenvalue weighted by molar-refractivity contribution is 0.101. The molecule has 0 aliphatic heterocycles. The minimum absolute atomic E-state index is 0.0386. The molecule has 0 N–H and O–H groups in total. The highest BCUT2D eigenvalue weighted by Gasteiger charge is 2.21. The maximum atomic E-state index is 12.3. The number of carbonyl (C=O) groups is 1. The second kappa shape index (κ2) is 6.36. The van der Waals surface area contributed by atoms with Gasteiger partial charge in [-0.3, -0.25) is 4.79 Å². The molecular weight excluding hydrogens is 394 g/mol. The molecule has 0 unspecified atom stereocenters. The molecule has 0 radical (unpaired) electrons. The van der Waals surface area contributed by atoms with Crippen LogP contribution < -0.4 is 4.18 Å². The molecule has 1 aromatic heterocycles. The van der Waals surface area contributed by atoms with Crippen LogP contribution in [0.2, 0.25) is 5.15 Å². The predicted molar refractivity (Wildman–Crippen MR) is 85.9 cm³/mol. The number of hydrogen-bond acceptors (Lipinski definition) is 5. The van der Waals surface area contributed by atoms with E-state index in [4.69, 9.17) is 15.8 Å². The van der Waals surface area contributed by atoms with Crippen molar-refractivity contribution in [1.82, 2.24) is 4.98 Å². The summed E-state index contributed by atoms with van der Waals surface area (Å²) in [5, 5.41) is 0.215. The van der Waals surface area contributed by atoms with Crippen LogP contribution in [0.15, 0.2) is 39.8 Å². The zero-order chi connectivity index (χ0) is 16.5. The Morgan fingerprint density at radius 2 is 2.00 bits per heavy atom. The van der Waals surface area contributed by atoms with Gasteiger partial charge < -0.3 is 4.18 Å². The van der Waals surface area contributed by atoms with Crippen molar-refractivity contribution in [2.75, 3.05) is 0 Å². The van der Waals surface area contributed by atoms with Crippen molar-refractivity contribution in [3.63, 3.8) is 0 Å². The molecule has 0 saturated heterocycles. The van der Waals surface area contributed by atoms with Gasteiger partial charge in [-0.25, -0.2) is 4.98 Å². The van der Waals surface area contributed by atoms with Crippen molar-refractivity contribution < 1.29 is 17.4 Å². The van der Waals surface area contributed by atoms with E-state index in [1.54, 1.807) is 13.0 Å². The molecule has 0 aliphatic rings. The van der Waals surface area contributed by atoms with Crippen molar-refractivity contribution >= 4 is 43.4 Å². The summed E-state index contributed by atoms with van der Waals surface area (Å²) in [4.78, 5) is 15.3. The molecule has 8 heteroatoms. The molecule has 1 heterocycles. The molecule has 2 rings (SSSR count).